The summed E-state index contributed by atoms with van der Waals surface area (Å²) in [7, 11) is 0. The van der Waals surface area contributed by atoms with Crippen molar-refractivity contribution in [2.24, 2.45) is 0 Å². The minimum Gasteiger partial charge on any atom is -0.491 e. The van der Waals surface area contributed by atoms with E-state index in [1.165, 1.54) is 0 Å². The number of hydrogen-bond donors (Lipinski definition) is 0. The molecule has 0 aliphatic carbocycles. The van der Waals surface area contributed by atoms with Crippen LogP contribution in [0.5, 0.6) is 23.0 Å². The number of rotatable bonds is 14. The van der Waals surface area contributed by atoms with Crippen molar-refractivity contribution in [1.82, 2.24) is 0 Å². The van der Waals surface area contributed by atoms with Gasteiger partial charge in [-0.3, -0.25) is 0 Å². The highest BCUT2D eigenvalue weighted by molar-refractivity contribution is 5.86. The standard InChI is InChI=1S/C31H32O7/c1-21(38-29-9-5-23-4-8-28(14-25(23)15-29)35-18-31-20-37-31)16-32-10-11-33-26-6-2-22-3-7-27(13-24(22)12-26)34-17-30-19-36-30/h2-9,12-15,21,30-31H,10-11,16-20H2,1H3. The Morgan fingerprint density at radius 2 is 1.11 bits per heavy atom. The molecular formula is C31H32O7. The van der Waals surface area contributed by atoms with Crippen LogP contribution in [0.2, 0.25) is 0 Å². The van der Waals surface area contributed by atoms with Crippen molar-refractivity contribution >= 4 is 21.5 Å². The summed E-state index contributed by atoms with van der Waals surface area (Å²) in [5.41, 5.74) is 0. The SMILES string of the molecule is CC(COCCOc1ccc2ccc(OCC3CO3)cc2c1)Oc1ccc2ccc(OCC3CO3)cc2c1. The number of fused-ring (bicyclic) bond motifs is 2. The van der Waals surface area contributed by atoms with E-state index in [2.05, 4.69) is 24.3 Å². The van der Waals surface area contributed by atoms with Gasteiger partial charge in [-0.05, 0) is 77.0 Å². The highest BCUT2D eigenvalue weighted by Crippen LogP contribution is 2.27. The molecule has 2 aliphatic rings. The Bertz CT molecular complexity index is 1380. The molecule has 38 heavy (non-hydrogen) atoms. The van der Waals surface area contributed by atoms with Gasteiger partial charge in [0.2, 0.25) is 0 Å². The van der Waals surface area contributed by atoms with Crippen LogP contribution in [0.4, 0.5) is 0 Å². The van der Waals surface area contributed by atoms with Gasteiger partial charge in [-0.15, -0.1) is 0 Å². The van der Waals surface area contributed by atoms with E-state index >= 15 is 0 Å². The fourth-order valence-corrected chi connectivity index (χ4v) is 4.19. The second kappa shape index (κ2) is 11.5. The smallest absolute Gasteiger partial charge is 0.120 e. The van der Waals surface area contributed by atoms with Gasteiger partial charge < -0.3 is 33.2 Å². The third-order valence-electron chi connectivity index (χ3n) is 6.43. The molecular weight excluding hydrogens is 484 g/mol. The van der Waals surface area contributed by atoms with Crippen molar-refractivity contribution in [3.05, 3.63) is 72.8 Å². The van der Waals surface area contributed by atoms with Crippen LogP contribution in [0.1, 0.15) is 6.92 Å². The topological polar surface area (TPSA) is 71.2 Å². The van der Waals surface area contributed by atoms with E-state index in [9.17, 15) is 0 Å². The molecule has 0 amide bonds. The van der Waals surface area contributed by atoms with Gasteiger partial charge in [0.05, 0.1) is 26.4 Å². The molecule has 3 unspecified atom stereocenters. The van der Waals surface area contributed by atoms with Crippen LogP contribution in [0.3, 0.4) is 0 Å². The molecule has 198 valence electrons. The van der Waals surface area contributed by atoms with Crippen LogP contribution in [0, 0.1) is 0 Å². The molecule has 4 aromatic rings. The van der Waals surface area contributed by atoms with Gasteiger partial charge in [-0.25, -0.2) is 0 Å². The van der Waals surface area contributed by atoms with Crippen LogP contribution < -0.4 is 18.9 Å². The van der Waals surface area contributed by atoms with Crippen LogP contribution in [-0.2, 0) is 14.2 Å². The van der Waals surface area contributed by atoms with E-state index in [1.54, 1.807) is 0 Å². The second-order valence-corrected chi connectivity index (χ2v) is 9.73. The van der Waals surface area contributed by atoms with Crippen molar-refractivity contribution < 1.29 is 33.2 Å². The Hall–Kier alpha value is -3.52. The summed E-state index contributed by atoms with van der Waals surface area (Å²) >= 11 is 0. The molecule has 2 aliphatic heterocycles. The summed E-state index contributed by atoms with van der Waals surface area (Å²) in [6.45, 7) is 6.15. The average Bonchev–Trinajstić information content (AvgIpc) is 3.86. The number of ether oxygens (including phenoxy) is 7. The molecule has 0 saturated carbocycles. The maximum atomic E-state index is 6.09. The molecule has 0 radical (unpaired) electrons. The van der Waals surface area contributed by atoms with E-state index in [1.807, 2.05) is 55.5 Å². The lowest BCUT2D eigenvalue weighted by Gasteiger charge is -2.16. The Labute approximate surface area is 222 Å². The van der Waals surface area contributed by atoms with E-state index < -0.39 is 0 Å². The summed E-state index contributed by atoms with van der Waals surface area (Å²) < 4.78 is 39.8. The summed E-state index contributed by atoms with van der Waals surface area (Å²) in [4.78, 5) is 0. The van der Waals surface area contributed by atoms with Crippen LogP contribution >= 0.6 is 0 Å². The fourth-order valence-electron chi connectivity index (χ4n) is 4.19. The summed E-state index contributed by atoms with van der Waals surface area (Å²) in [6, 6.07) is 24.3. The second-order valence-electron chi connectivity index (χ2n) is 9.73. The zero-order valence-electron chi connectivity index (χ0n) is 21.5. The third-order valence-corrected chi connectivity index (χ3v) is 6.43. The molecule has 2 saturated heterocycles. The largest absolute Gasteiger partial charge is 0.491 e. The number of benzene rings is 4. The Morgan fingerprint density at radius 1 is 0.632 bits per heavy atom. The van der Waals surface area contributed by atoms with Crippen molar-refractivity contribution in [1.29, 1.82) is 0 Å². The fraction of sp³-hybridized carbons (Fsp3) is 0.355. The van der Waals surface area contributed by atoms with Crippen LogP contribution in [0.15, 0.2) is 72.8 Å². The molecule has 2 fully saturated rings. The van der Waals surface area contributed by atoms with Gasteiger partial charge in [0.1, 0.15) is 61.1 Å². The summed E-state index contributed by atoms with van der Waals surface area (Å²) in [5.74, 6) is 3.28. The molecule has 7 heteroatoms. The highest BCUT2D eigenvalue weighted by Gasteiger charge is 2.23. The molecule has 0 spiro atoms. The average molecular weight is 517 g/mol. The van der Waals surface area contributed by atoms with Crippen molar-refractivity contribution in [3.8, 4) is 23.0 Å². The first-order chi connectivity index (χ1) is 18.7. The molecule has 2 heterocycles. The minimum absolute atomic E-state index is 0.0981. The molecule has 4 aromatic carbocycles. The van der Waals surface area contributed by atoms with Gasteiger partial charge >= 0.3 is 0 Å². The molecule has 6 rings (SSSR count). The van der Waals surface area contributed by atoms with E-state index in [4.69, 9.17) is 33.2 Å². The Kier molecular flexibility index (Phi) is 7.49. The van der Waals surface area contributed by atoms with E-state index in [-0.39, 0.29) is 18.3 Å². The van der Waals surface area contributed by atoms with Crippen LogP contribution in [0.25, 0.3) is 21.5 Å². The maximum Gasteiger partial charge on any atom is 0.120 e. The Morgan fingerprint density at radius 3 is 1.63 bits per heavy atom. The molecule has 7 nitrogen and oxygen atoms in total. The normalized spacial score (nSPS) is 18.8. The molecule has 0 N–H and O–H groups in total. The van der Waals surface area contributed by atoms with E-state index in [0.29, 0.717) is 33.0 Å². The van der Waals surface area contributed by atoms with Gasteiger partial charge in [0.15, 0.2) is 0 Å². The quantitative estimate of drug-likeness (QED) is 0.164. The monoisotopic (exact) mass is 516 g/mol. The summed E-state index contributed by atoms with van der Waals surface area (Å²) in [6.07, 6.45) is 0.376. The maximum absolute atomic E-state index is 6.09. The van der Waals surface area contributed by atoms with E-state index in [0.717, 1.165) is 57.8 Å². The lowest BCUT2D eigenvalue weighted by atomic mass is 10.1. The minimum atomic E-state index is -0.0981. The predicted octanol–water partition coefficient (Wildman–Crippen LogP) is 5.41. The van der Waals surface area contributed by atoms with Gasteiger partial charge in [-0.1, -0.05) is 24.3 Å². The zero-order valence-corrected chi connectivity index (χ0v) is 21.5. The first-order valence-electron chi connectivity index (χ1n) is 13.1. The first kappa shape index (κ1) is 24.8. The van der Waals surface area contributed by atoms with Crippen molar-refractivity contribution in [3.63, 3.8) is 0 Å². The first-order valence-corrected chi connectivity index (χ1v) is 13.1. The predicted molar refractivity (Wildman–Crippen MR) is 145 cm³/mol. The number of epoxide rings is 2. The van der Waals surface area contributed by atoms with Gasteiger partial charge in [-0.2, -0.15) is 0 Å². The number of hydrogen-bond acceptors (Lipinski definition) is 7. The molecule has 0 bridgehead atoms. The lowest BCUT2D eigenvalue weighted by molar-refractivity contribution is 0.0432. The third kappa shape index (κ3) is 6.86. The Balaban J connectivity index is 0.943. The van der Waals surface area contributed by atoms with Gasteiger partial charge in [0.25, 0.3) is 0 Å². The molecule has 0 aromatic heterocycles. The lowest BCUT2D eigenvalue weighted by Crippen LogP contribution is -2.21. The van der Waals surface area contributed by atoms with Crippen molar-refractivity contribution in [2.75, 3.05) is 46.2 Å². The van der Waals surface area contributed by atoms with Crippen LogP contribution in [-0.4, -0.2) is 64.6 Å². The molecule has 3 atom stereocenters. The zero-order chi connectivity index (χ0) is 25.7. The van der Waals surface area contributed by atoms with Gasteiger partial charge in [0, 0.05) is 0 Å². The summed E-state index contributed by atoms with van der Waals surface area (Å²) in [5, 5.41) is 4.42. The highest BCUT2D eigenvalue weighted by atomic mass is 16.6. The van der Waals surface area contributed by atoms with Crippen molar-refractivity contribution in [2.45, 2.75) is 25.2 Å².